The van der Waals surface area contributed by atoms with Crippen molar-refractivity contribution in [3.63, 3.8) is 0 Å². The summed E-state index contributed by atoms with van der Waals surface area (Å²) >= 11 is 0. The number of carbonyl (C=O) groups is 1. The van der Waals surface area contributed by atoms with E-state index in [1.807, 2.05) is 20.8 Å². The number of nitrogen functional groups attached to an aromatic ring is 1. The lowest BCUT2D eigenvalue weighted by molar-refractivity contribution is 0.0178. The lowest BCUT2D eigenvalue weighted by atomic mass is 9.97. The summed E-state index contributed by atoms with van der Waals surface area (Å²) in [5.41, 5.74) is 5.81. The first-order valence-electron chi connectivity index (χ1n) is 7.68. The zero-order valence-corrected chi connectivity index (χ0v) is 13.5. The highest BCUT2D eigenvalue weighted by Gasteiger charge is 2.27. The van der Waals surface area contributed by atoms with Gasteiger partial charge in [0.05, 0.1) is 0 Å². The van der Waals surface area contributed by atoms with E-state index in [1.54, 1.807) is 21.7 Å². The molecule has 0 bridgehead atoms. The van der Waals surface area contributed by atoms with Gasteiger partial charge in [-0.3, -0.25) is 4.79 Å². The molecular formula is C16H25N3O3. The Morgan fingerprint density at radius 3 is 2.55 bits per heavy atom. The van der Waals surface area contributed by atoms with Gasteiger partial charge in [0.1, 0.15) is 5.60 Å². The largest absolute Gasteiger partial charge is 0.444 e. The summed E-state index contributed by atoms with van der Waals surface area (Å²) in [7, 11) is 0. The molecule has 1 aliphatic rings. The summed E-state index contributed by atoms with van der Waals surface area (Å²) in [4.78, 5) is 25.5. The first-order chi connectivity index (χ1) is 10.2. The molecule has 0 saturated carbocycles. The minimum atomic E-state index is -0.469. The quantitative estimate of drug-likeness (QED) is 0.907. The SMILES string of the molecule is CC(C)(C)OC(=O)N1CCC(Cn2cc(N)ccc2=O)CC1. The summed E-state index contributed by atoms with van der Waals surface area (Å²) in [6, 6.07) is 3.11. The van der Waals surface area contributed by atoms with E-state index in [2.05, 4.69) is 0 Å². The molecule has 0 radical (unpaired) electrons. The van der Waals surface area contributed by atoms with Gasteiger partial charge in [-0.2, -0.15) is 0 Å². The number of carbonyl (C=O) groups excluding carboxylic acids is 1. The van der Waals surface area contributed by atoms with Gasteiger partial charge in [-0.1, -0.05) is 0 Å². The Bertz CT molecular complexity index is 581. The standard InChI is InChI=1S/C16H25N3O3/c1-16(2,3)22-15(21)18-8-6-12(7-9-18)10-19-11-13(17)4-5-14(19)20/h4-5,11-12H,6-10,17H2,1-3H3. The third-order valence-electron chi connectivity index (χ3n) is 3.73. The molecule has 0 atom stereocenters. The fourth-order valence-corrected chi connectivity index (χ4v) is 2.60. The Morgan fingerprint density at radius 2 is 1.95 bits per heavy atom. The zero-order valence-electron chi connectivity index (χ0n) is 13.5. The molecule has 0 aliphatic carbocycles. The summed E-state index contributed by atoms with van der Waals surface area (Å²) in [6.45, 7) is 7.57. The van der Waals surface area contributed by atoms with Crippen molar-refractivity contribution in [2.75, 3.05) is 18.8 Å². The van der Waals surface area contributed by atoms with Crippen molar-refractivity contribution in [2.45, 2.75) is 45.8 Å². The molecule has 2 heterocycles. The molecule has 0 spiro atoms. The van der Waals surface area contributed by atoms with Crippen LogP contribution in [0.2, 0.25) is 0 Å². The third-order valence-corrected chi connectivity index (χ3v) is 3.73. The van der Waals surface area contributed by atoms with E-state index in [-0.39, 0.29) is 11.7 Å². The van der Waals surface area contributed by atoms with Crippen molar-refractivity contribution in [2.24, 2.45) is 5.92 Å². The number of rotatable bonds is 2. The molecule has 22 heavy (non-hydrogen) atoms. The van der Waals surface area contributed by atoms with E-state index in [9.17, 15) is 9.59 Å². The van der Waals surface area contributed by atoms with Crippen molar-refractivity contribution in [1.29, 1.82) is 0 Å². The van der Waals surface area contributed by atoms with Gasteiger partial charge >= 0.3 is 6.09 Å². The molecule has 0 unspecified atom stereocenters. The Hall–Kier alpha value is -1.98. The minimum Gasteiger partial charge on any atom is -0.444 e. The van der Waals surface area contributed by atoms with Crippen LogP contribution in [-0.2, 0) is 11.3 Å². The molecule has 1 saturated heterocycles. The van der Waals surface area contributed by atoms with E-state index in [1.165, 1.54) is 6.07 Å². The maximum absolute atomic E-state index is 12.0. The van der Waals surface area contributed by atoms with Crippen LogP contribution in [0.25, 0.3) is 0 Å². The van der Waals surface area contributed by atoms with Crippen LogP contribution >= 0.6 is 0 Å². The van der Waals surface area contributed by atoms with Crippen molar-refractivity contribution >= 4 is 11.8 Å². The molecule has 122 valence electrons. The molecule has 6 heteroatoms. The Balaban J connectivity index is 1.88. The van der Waals surface area contributed by atoms with Gasteiger partial charge in [-0.25, -0.2) is 4.79 Å². The second kappa shape index (κ2) is 6.42. The average molecular weight is 307 g/mol. The fraction of sp³-hybridized carbons (Fsp3) is 0.625. The van der Waals surface area contributed by atoms with Crippen LogP contribution in [0.5, 0.6) is 0 Å². The number of hydrogen-bond donors (Lipinski definition) is 1. The first-order valence-corrected chi connectivity index (χ1v) is 7.68. The molecule has 1 aromatic rings. The van der Waals surface area contributed by atoms with Crippen LogP contribution < -0.4 is 11.3 Å². The topological polar surface area (TPSA) is 77.6 Å². The van der Waals surface area contributed by atoms with E-state index in [0.717, 1.165) is 12.8 Å². The molecule has 1 amide bonds. The van der Waals surface area contributed by atoms with Gasteiger partial charge in [-0.15, -0.1) is 0 Å². The number of likely N-dealkylation sites (tertiary alicyclic amines) is 1. The highest BCUT2D eigenvalue weighted by molar-refractivity contribution is 5.68. The van der Waals surface area contributed by atoms with Gasteiger partial charge in [0, 0.05) is 37.6 Å². The lowest BCUT2D eigenvalue weighted by Gasteiger charge is -2.33. The summed E-state index contributed by atoms with van der Waals surface area (Å²) in [5.74, 6) is 0.373. The van der Waals surface area contributed by atoms with Crippen LogP contribution in [0.1, 0.15) is 33.6 Å². The molecule has 1 aromatic heterocycles. The smallest absolute Gasteiger partial charge is 0.410 e. The molecular weight excluding hydrogens is 282 g/mol. The number of amides is 1. The van der Waals surface area contributed by atoms with Gasteiger partial charge in [0.15, 0.2) is 0 Å². The van der Waals surface area contributed by atoms with E-state index >= 15 is 0 Å². The van der Waals surface area contributed by atoms with Crippen molar-refractivity contribution in [3.05, 3.63) is 28.7 Å². The number of hydrogen-bond acceptors (Lipinski definition) is 4. The average Bonchev–Trinajstić information content (AvgIpc) is 2.42. The van der Waals surface area contributed by atoms with Gasteiger partial charge in [-0.05, 0) is 45.6 Å². The number of piperidine rings is 1. The van der Waals surface area contributed by atoms with Crippen LogP contribution in [0.15, 0.2) is 23.1 Å². The normalized spacial score (nSPS) is 16.6. The monoisotopic (exact) mass is 307 g/mol. The summed E-state index contributed by atoms with van der Waals surface area (Å²) in [5, 5.41) is 0. The number of nitrogens with two attached hydrogens (primary N) is 1. The highest BCUT2D eigenvalue weighted by Crippen LogP contribution is 2.21. The number of ether oxygens (including phenoxy) is 1. The Labute approximate surface area is 130 Å². The summed E-state index contributed by atoms with van der Waals surface area (Å²) in [6.07, 6.45) is 3.15. The van der Waals surface area contributed by atoms with Crippen molar-refractivity contribution in [3.8, 4) is 0 Å². The van der Waals surface area contributed by atoms with Crippen molar-refractivity contribution < 1.29 is 9.53 Å². The van der Waals surface area contributed by atoms with Crippen LogP contribution in [0.4, 0.5) is 10.5 Å². The van der Waals surface area contributed by atoms with Gasteiger partial charge in [0.2, 0.25) is 0 Å². The second-order valence-corrected chi connectivity index (χ2v) is 6.86. The van der Waals surface area contributed by atoms with Crippen LogP contribution in [0, 0.1) is 5.92 Å². The molecule has 0 aromatic carbocycles. The van der Waals surface area contributed by atoms with Gasteiger partial charge < -0.3 is 19.9 Å². The van der Waals surface area contributed by atoms with Crippen LogP contribution in [0.3, 0.4) is 0 Å². The van der Waals surface area contributed by atoms with E-state index in [0.29, 0.717) is 31.2 Å². The zero-order chi connectivity index (χ0) is 16.3. The predicted octanol–water partition coefficient (Wildman–Crippen LogP) is 2.08. The van der Waals surface area contributed by atoms with E-state index < -0.39 is 5.60 Å². The molecule has 2 rings (SSSR count). The molecule has 1 aliphatic heterocycles. The maximum Gasteiger partial charge on any atom is 0.410 e. The number of anilines is 1. The maximum atomic E-state index is 12.0. The number of nitrogens with zero attached hydrogens (tertiary/aromatic N) is 2. The predicted molar refractivity (Wildman–Crippen MR) is 85.6 cm³/mol. The lowest BCUT2D eigenvalue weighted by Crippen LogP contribution is -2.42. The fourth-order valence-electron chi connectivity index (χ4n) is 2.60. The summed E-state index contributed by atoms with van der Waals surface area (Å²) < 4.78 is 7.04. The minimum absolute atomic E-state index is 0.0382. The molecule has 6 nitrogen and oxygen atoms in total. The Morgan fingerprint density at radius 1 is 1.32 bits per heavy atom. The van der Waals surface area contributed by atoms with Gasteiger partial charge in [0.25, 0.3) is 5.56 Å². The molecule has 1 fully saturated rings. The molecule has 2 N–H and O–H groups in total. The van der Waals surface area contributed by atoms with E-state index in [4.69, 9.17) is 10.5 Å². The third kappa shape index (κ3) is 4.51. The highest BCUT2D eigenvalue weighted by atomic mass is 16.6. The first kappa shape index (κ1) is 16.4. The Kier molecular flexibility index (Phi) is 4.78. The van der Waals surface area contributed by atoms with Crippen molar-refractivity contribution in [1.82, 2.24) is 9.47 Å². The number of aromatic nitrogens is 1. The second-order valence-electron chi connectivity index (χ2n) is 6.86. The number of pyridine rings is 1. The van der Waals surface area contributed by atoms with Crippen LogP contribution in [-0.4, -0.2) is 34.3 Å².